The Morgan fingerprint density at radius 3 is 3.14 bits per heavy atom. The SMILES string of the molecule is CCN1CCOC(CNC(=O)c2cc3ccccc3[nH]2)C1. The van der Waals surface area contributed by atoms with Crippen molar-refractivity contribution >= 4 is 16.8 Å². The normalized spacial score (nSPS) is 19.8. The predicted molar refractivity (Wildman–Crippen MR) is 82.5 cm³/mol. The number of carbonyl (C=O) groups excluding carboxylic acids is 1. The number of nitrogens with zero attached hydrogens (tertiary/aromatic N) is 1. The molecule has 2 aromatic rings. The monoisotopic (exact) mass is 287 g/mol. The summed E-state index contributed by atoms with van der Waals surface area (Å²) in [7, 11) is 0. The molecule has 1 amide bonds. The number of H-pyrrole nitrogens is 1. The number of rotatable bonds is 4. The Labute approximate surface area is 124 Å². The largest absolute Gasteiger partial charge is 0.374 e. The fourth-order valence-corrected chi connectivity index (χ4v) is 2.69. The van der Waals surface area contributed by atoms with Crippen LogP contribution in [0.4, 0.5) is 0 Å². The first-order valence-electron chi connectivity index (χ1n) is 7.46. The summed E-state index contributed by atoms with van der Waals surface area (Å²) in [5.41, 5.74) is 1.58. The molecule has 112 valence electrons. The average Bonchev–Trinajstić information content (AvgIpc) is 2.97. The summed E-state index contributed by atoms with van der Waals surface area (Å²) >= 11 is 0. The number of nitrogens with one attached hydrogen (secondary N) is 2. The Bertz CT molecular complexity index is 590. The first-order chi connectivity index (χ1) is 10.3. The van der Waals surface area contributed by atoms with Gasteiger partial charge >= 0.3 is 0 Å². The van der Waals surface area contributed by atoms with Crippen LogP contribution in [0.25, 0.3) is 10.9 Å². The number of fused-ring (bicyclic) bond motifs is 1. The number of hydrogen-bond donors (Lipinski definition) is 2. The Morgan fingerprint density at radius 1 is 1.48 bits per heavy atom. The van der Waals surface area contributed by atoms with E-state index < -0.39 is 0 Å². The number of carbonyl (C=O) groups is 1. The van der Waals surface area contributed by atoms with Gasteiger partial charge in [0.15, 0.2) is 0 Å². The van der Waals surface area contributed by atoms with E-state index in [0.29, 0.717) is 12.2 Å². The number of morpholine rings is 1. The number of hydrogen-bond acceptors (Lipinski definition) is 3. The Balaban J connectivity index is 1.58. The molecule has 2 N–H and O–H groups in total. The van der Waals surface area contributed by atoms with Crippen LogP contribution in [0.2, 0.25) is 0 Å². The minimum Gasteiger partial charge on any atom is -0.374 e. The van der Waals surface area contributed by atoms with E-state index in [4.69, 9.17) is 4.74 Å². The highest BCUT2D eigenvalue weighted by molar-refractivity contribution is 5.97. The molecule has 0 bridgehead atoms. The molecule has 1 unspecified atom stereocenters. The molecule has 1 aromatic heterocycles. The second-order valence-electron chi connectivity index (χ2n) is 5.37. The standard InChI is InChI=1S/C16H21N3O2/c1-2-19-7-8-21-13(11-19)10-17-16(20)15-9-12-5-3-4-6-14(12)18-15/h3-6,9,13,18H,2,7-8,10-11H2,1H3,(H,17,20). The number of ether oxygens (including phenoxy) is 1. The maximum absolute atomic E-state index is 12.2. The Morgan fingerprint density at radius 2 is 2.33 bits per heavy atom. The molecule has 2 heterocycles. The zero-order valence-electron chi connectivity index (χ0n) is 12.3. The molecule has 0 saturated carbocycles. The van der Waals surface area contributed by atoms with E-state index >= 15 is 0 Å². The van der Waals surface area contributed by atoms with Gasteiger partial charge in [0.1, 0.15) is 5.69 Å². The van der Waals surface area contributed by atoms with Crippen molar-refractivity contribution in [3.05, 3.63) is 36.0 Å². The third kappa shape index (κ3) is 3.25. The van der Waals surface area contributed by atoms with E-state index in [2.05, 4.69) is 22.1 Å². The summed E-state index contributed by atoms with van der Waals surface area (Å²) in [5.74, 6) is -0.0802. The molecule has 0 radical (unpaired) electrons. The van der Waals surface area contributed by atoms with Gasteiger partial charge in [-0.15, -0.1) is 0 Å². The Hall–Kier alpha value is -1.85. The van der Waals surface area contributed by atoms with Gasteiger partial charge < -0.3 is 15.0 Å². The van der Waals surface area contributed by atoms with Gasteiger partial charge in [0, 0.05) is 30.5 Å². The van der Waals surface area contributed by atoms with Crippen molar-refractivity contribution in [2.75, 3.05) is 32.8 Å². The minimum atomic E-state index is -0.0802. The smallest absolute Gasteiger partial charge is 0.267 e. The maximum atomic E-state index is 12.2. The van der Waals surface area contributed by atoms with Crippen molar-refractivity contribution in [2.45, 2.75) is 13.0 Å². The summed E-state index contributed by atoms with van der Waals surface area (Å²) in [4.78, 5) is 17.7. The molecule has 3 rings (SSSR count). The van der Waals surface area contributed by atoms with Crippen LogP contribution in [-0.4, -0.2) is 54.7 Å². The van der Waals surface area contributed by atoms with Crippen LogP contribution < -0.4 is 5.32 Å². The number of benzene rings is 1. The molecule has 0 spiro atoms. The molecule has 21 heavy (non-hydrogen) atoms. The van der Waals surface area contributed by atoms with Crippen molar-refractivity contribution < 1.29 is 9.53 Å². The van der Waals surface area contributed by atoms with E-state index in [9.17, 15) is 4.79 Å². The fourth-order valence-electron chi connectivity index (χ4n) is 2.69. The van der Waals surface area contributed by atoms with Crippen molar-refractivity contribution in [3.8, 4) is 0 Å². The summed E-state index contributed by atoms with van der Waals surface area (Å²) in [6, 6.07) is 9.76. The molecule has 1 aliphatic heterocycles. The summed E-state index contributed by atoms with van der Waals surface area (Å²) in [6.07, 6.45) is 0.0760. The van der Waals surface area contributed by atoms with Crippen molar-refractivity contribution in [1.29, 1.82) is 0 Å². The highest BCUT2D eigenvalue weighted by atomic mass is 16.5. The lowest BCUT2D eigenvalue weighted by atomic mass is 10.2. The van der Waals surface area contributed by atoms with Gasteiger partial charge in [-0.2, -0.15) is 0 Å². The van der Waals surface area contributed by atoms with Crippen molar-refractivity contribution in [2.24, 2.45) is 0 Å². The van der Waals surface area contributed by atoms with Gasteiger partial charge in [-0.1, -0.05) is 25.1 Å². The summed E-state index contributed by atoms with van der Waals surface area (Å²) in [6.45, 7) is 6.30. The number of para-hydroxylation sites is 1. The van der Waals surface area contributed by atoms with Gasteiger partial charge in [0.25, 0.3) is 5.91 Å². The summed E-state index contributed by atoms with van der Waals surface area (Å²) in [5, 5.41) is 4.00. The highest BCUT2D eigenvalue weighted by Gasteiger charge is 2.20. The molecule has 0 aliphatic carbocycles. The zero-order chi connectivity index (χ0) is 14.7. The molecule has 1 aromatic carbocycles. The lowest BCUT2D eigenvalue weighted by Crippen LogP contribution is -2.47. The zero-order valence-corrected chi connectivity index (χ0v) is 12.3. The fraction of sp³-hybridized carbons (Fsp3) is 0.438. The number of aromatic nitrogens is 1. The molecule has 1 fully saturated rings. The second kappa shape index (κ2) is 6.28. The highest BCUT2D eigenvalue weighted by Crippen LogP contribution is 2.14. The van der Waals surface area contributed by atoms with Crippen LogP contribution in [0.1, 0.15) is 17.4 Å². The van der Waals surface area contributed by atoms with E-state index in [-0.39, 0.29) is 12.0 Å². The van der Waals surface area contributed by atoms with E-state index in [1.807, 2.05) is 30.3 Å². The quantitative estimate of drug-likeness (QED) is 0.898. The third-order valence-electron chi connectivity index (χ3n) is 3.93. The van der Waals surface area contributed by atoms with E-state index in [1.54, 1.807) is 0 Å². The van der Waals surface area contributed by atoms with Crippen LogP contribution in [0.3, 0.4) is 0 Å². The predicted octanol–water partition coefficient (Wildman–Crippen LogP) is 1.62. The van der Waals surface area contributed by atoms with Crippen LogP contribution >= 0.6 is 0 Å². The van der Waals surface area contributed by atoms with Gasteiger partial charge in [0.05, 0.1) is 12.7 Å². The van der Waals surface area contributed by atoms with Crippen molar-refractivity contribution in [3.63, 3.8) is 0 Å². The third-order valence-corrected chi connectivity index (χ3v) is 3.93. The minimum absolute atomic E-state index is 0.0760. The molecule has 5 heteroatoms. The Kier molecular flexibility index (Phi) is 4.22. The number of amides is 1. The van der Waals surface area contributed by atoms with Gasteiger partial charge in [-0.05, 0) is 18.7 Å². The molecule has 1 aliphatic rings. The first kappa shape index (κ1) is 14.1. The van der Waals surface area contributed by atoms with Crippen LogP contribution in [-0.2, 0) is 4.74 Å². The maximum Gasteiger partial charge on any atom is 0.267 e. The van der Waals surface area contributed by atoms with Crippen LogP contribution in [0, 0.1) is 0 Å². The molecule has 1 atom stereocenters. The molecular formula is C16H21N3O2. The van der Waals surface area contributed by atoms with E-state index in [1.165, 1.54) is 0 Å². The van der Waals surface area contributed by atoms with Gasteiger partial charge in [-0.3, -0.25) is 9.69 Å². The first-order valence-corrected chi connectivity index (χ1v) is 7.46. The van der Waals surface area contributed by atoms with Crippen molar-refractivity contribution in [1.82, 2.24) is 15.2 Å². The topological polar surface area (TPSA) is 57.4 Å². The average molecular weight is 287 g/mol. The second-order valence-corrected chi connectivity index (χ2v) is 5.37. The molecule has 5 nitrogen and oxygen atoms in total. The molecular weight excluding hydrogens is 266 g/mol. The van der Waals surface area contributed by atoms with E-state index in [0.717, 1.165) is 37.1 Å². The summed E-state index contributed by atoms with van der Waals surface area (Å²) < 4.78 is 5.69. The number of aromatic amines is 1. The van der Waals surface area contributed by atoms with Gasteiger partial charge in [0.2, 0.25) is 0 Å². The van der Waals surface area contributed by atoms with Crippen LogP contribution in [0.5, 0.6) is 0 Å². The molecule has 1 saturated heterocycles. The number of likely N-dealkylation sites (N-methyl/N-ethyl adjacent to an activating group) is 1. The van der Waals surface area contributed by atoms with Crippen LogP contribution in [0.15, 0.2) is 30.3 Å². The lowest BCUT2D eigenvalue weighted by molar-refractivity contribution is -0.0246. The lowest BCUT2D eigenvalue weighted by Gasteiger charge is -2.32. The van der Waals surface area contributed by atoms with Gasteiger partial charge in [-0.25, -0.2) is 0 Å².